The predicted molar refractivity (Wildman–Crippen MR) is 95.4 cm³/mol. The van der Waals surface area contributed by atoms with Crippen molar-refractivity contribution in [2.24, 2.45) is 0 Å². The lowest BCUT2D eigenvalue weighted by atomic mass is 10.2. The zero-order valence-corrected chi connectivity index (χ0v) is 16.4. The van der Waals surface area contributed by atoms with Crippen molar-refractivity contribution < 1.29 is 26.3 Å². The second-order valence-electron chi connectivity index (χ2n) is 6.04. The van der Waals surface area contributed by atoms with Crippen LogP contribution in [-0.4, -0.2) is 59.5 Å². The summed E-state index contributed by atoms with van der Waals surface area (Å²) in [4.78, 5) is 0.0746. The molecule has 0 bridgehead atoms. The number of rotatable bonds is 8. The minimum Gasteiger partial charge on any atom is -0.493 e. The highest BCUT2D eigenvalue weighted by Gasteiger charge is 2.38. The van der Waals surface area contributed by atoms with Crippen LogP contribution in [0.4, 0.5) is 0 Å². The normalized spacial score (nSPS) is 19.9. The minimum atomic E-state index is -3.83. The smallest absolute Gasteiger partial charge is 0.243 e. The van der Waals surface area contributed by atoms with Crippen LogP contribution in [0.2, 0.25) is 0 Å². The monoisotopic (exact) mass is 391 g/mol. The number of sulfonamides is 1. The maximum absolute atomic E-state index is 13.1. The fourth-order valence-corrected chi connectivity index (χ4v) is 6.46. The summed E-state index contributed by atoms with van der Waals surface area (Å²) in [6, 6.07) is 3.89. The van der Waals surface area contributed by atoms with E-state index in [0.29, 0.717) is 30.9 Å². The lowest BCUT2D eigenvalue weighted by Crippen LogP contribution is -2.41. The van der Waals surface area contributed by atoms with Gasteiger partial charge in [-0.3, -0.25) is 0 Å². The second kappa shape index (κ2) is 7.92. The summed E-state index contributed by atoms with van der Waals surface area (Å²) >= 11 is 0. The van der Waals surface area contributed by atoms with Gasteiger partial charge in [-0.25, -0.2) is 16.8 Å². The topological polar surface area (TPSA) is 90.0 Å². The fourth-order valence-electron chi connectivity index (χ4n) is 2.93. The highest BCUT2D eigenvalue weighted by atomic mass is 32.2. The molecular weight excluding hydrogens is 366 g/mol. The molecule has 1 fully saturated rings. The molecule has 0 spiro atoms. The van der Waals surface area contributed by atoms with Crippen LogP contribution < -0.4 is 9.47 Å². The first-order chi connectivity index (χ1) is 11.7. The van der Waals surface area contributed by atoms with Gasteiger partial charge in [-0.05, 0) is 25.0 Å². The number of hydrogen-bond donors (Lipinski definition) is 0. The van der Waals surface area contributed by atoms with Crippen LogP contribution in [0.5, 0.6) is 11.5 Å². The molecule has 1 aromatic carbocycles. The highest BCUT2D eigenvalue weighted by molar-refractivity contribution is 7.92. The largest absolute Gasteiger partial charge is 0.493 e. The maximum Gasteiger partial charge on any atom is 0.243 e. The van der Waals surface area contributed by atoms with E-state index in [1.54, 1.807) is 0 Å². The molecule has 0 saturated carbocycles. The Morgan fingerprint density at radius 2 is 1.88 bits per heavy atom. The molecular formula is C16H25NO6S2. The number of ether oxygens (including phenoxy) is 2. The van der Waals surface area contributed by atoms with E-state index in [2.05, 4.69) is 0 Å². The van der Waals surface area contributed by atoms with E-state index in [4.69, 9.17) is 9.47 Å². The van der Waals surface area contributed by atoms with Crippen molar-refractivity contribution in [2.75, 3.05) is 32.3 Å². The third-order valence-electron chi connectivity index (χ3n) is 4.31. The fraction of sp³-hybridized carbons (Fsp3) is 0.625. The zero-order chi connectivity index (χ0) is 18.7. The number of unbranched alkanes of at least 4 members (excludes halogenated alkanes) is 1. The van der Waals surface area contributed by atoms with Crippen LogP contribution in [0, 0.1) is 0 Å². The van der Waals surface area contributed by atoms with Gasteiger partial charge in [0.25, 0.3) is 0 Å². The van der Waals surface area contributed by atoms with E-state index >= 15 is 0 Å². The highest BCUT2D eigenvalue weighted by Crippen LogP contribution is 2.32. The van der Waals surface area contributed by atoms with Gasteiger partial charge in [0.15, 0.2) is 21.3 Å². The Labute approximate surface area is 149 Å². The molecule has 2 rings (SSSR count). The Bertz CT molecular complexity index is 804. The third-order valence-corrected chi connectivity index (χ3v) is 8.01. The molecule has 1 aliphatic heterocycles. The van der Waals surface area contributed by atoms with Crippen LogP contribution in [0.25, 0.3) is 0 Å². The molecule has 0 radical (unpaired) electrons. The molecule has 0 aliphatic carbocycles. The first-order valence-corrected chi connectivity index (χ1v) is 11.5. The van der Waals surface area contributed by atoms with E-state index in [1.165, 1.54) is 36.7 Å². The molecule has 1 heterocycles. The van der Waals surface area contributed by atoms with Crippen molar-refractivity contribution in [2.45, 2.75) is 37.1 Å². The Balaban J connectivity index is 2.41. The summed E-state index contributed by atoms with van der Waals surface area (Å²) in [5.41, 5.74) is 0. The number of sulfone groups is 1. The molecule has 142 valence electrons. The number of methoxy groups -OCH3 is 2. The van der Waals surface area contributed by atoms with E-state index in [1.807, 2.05) is 6.92 Å². The van der Waals surface area contributed by atoms with Gasteiger partial charge < -0.3 is 9.47 Å². The van der Waals surface area contributed by atoms with Gasteiger partial charge in [-0.15, -0.1) is 0 Å². The number of hydrogen-bond acceptors (Lipinski definition) is 6. The maximum atomic E-state index is 13.1. The van der Waals surface area contributed by atoms with Gasteiger partial charge in [0, 0.05) is 18.7 Å². The number of benzene rings is 1. The molecule has 1 atom stereocenters. The van der Waals surface area contributed by atoms with Crippen LogP contribution >= 0.6 is 0 Å². The standard InChI is InChI=1S/C16H25NO6S2/c1-4-5-9-17(13-8-10-24(18,19)12-13)25(20,21)14-6-7-15(22-2)16(11-14)23-3/h6-7,11,13H,4-5,8-10,12H2,1-3H3/t13-/m1/s1. The van der Waals surface area contributed by atoms with Crippen LogP contribution in [0.15, 0.2) is 23.1 Å². The van der Waals surface area contributed by atoms with Crippen molar-refractivity contribution in [3.8, 4) is 11.5 Å². The molecule has 0 aromatic heterocycles. The molecule has 1 aromatic rings. The average molecular weight is 392 g/mol. The van der Waals surface area contributed by atoms with Gasteiger partial charge in [-0.2, -0.15) is 4.31 Å². The van der Waals surface area contributed by atoms with Crippen LogP contribution in [0.1, 0.15) is 26.2 Å². The molecule has 1 aliphatic rings. The Hall–Kier alpha value is -1.32. The molecule has 7 nitrogen and oxygen atoms in total. The summed E-state index contributed by atoms with van der Waals surface area (Å²) < 4.78 is 61.6. The molecule has 0 N–H and O–H groups in total. The van der Waals surface area contributed by atoms with Gasteiger partial charge in [-0.1, -0.05) is 13.3 Å². The van der Waals surface area contributed by atoms with Crippen LogP contribution in [-0.2, 0) is 19.9 Å². The number of nitrogens with zero attached hydrogens (tertiary/aromatic N) is 1. The van der Waals surface area contributed by atoms with Gasteiger partial charge in [0.1, 0.15) is 0 Å². The first-order valence-electron chi connectivity index (χ1n) is 8.19. The summed E-state index contributed by atoms with van der Waals surface area (Å²) in [5, 5.41) is 0. The van der Waals surface area contributed by atoms with Crippen molar-refractivity contribution in [3.05, 3.63) is 18.2 Å². The molecule has 1 saturated heterocycles. The van der Waals surface area contributed by atoms with Gasteiger partial charge in [0.05, 0.1) is 30.6 Å². The Morgan fingerprint density at radius 3 is 2.40 bits per heavy atom. The summed E-state index contributed by atoms with van der Waals surface area (Å²) in [5.74, 6) is 0.661. The summed E-state index contributed by atoms with van der Waals surface area (Å²) in [6.07, 6.45) is 1.82. The summed E-state index contributed by atoms with van der Waals surface area (Å²) in [7, 11) is -4.10. The van der Waals surface area contributed by atoms with Crippen molar-refractivity contribution in [3.63, 3.8) is 0 Å². The average Bonchev–Trinajstić information content (AvgIpc) is 2.93. The second-order valence-corrected chi connectivity index (χ2v) is 10.2. The van der Waals surface area contributed by atoms with E-state index < -0.39 is 25.9 Å². The Morgan fingerprint density at radius 1 is 1.20 bits per heavy atom. The van der Waals surface area contributed by atoms with Gasteiger partial charge in [0.2, 0.25) is 10.0 Å². The van der Waals surface area contributed by atoms with E-state index in [-0.39, 0.29) is 16.4 Å². The van der Waals surface area contributed by atoms with E-state index in [9.17, 15) is 16.8 Å². The zero-order valence-electron chi connectivity index (χ0n) is 14.8. The molecule has 9 heteroatoms. The van der Waals surface area contributed by atoms with E-state index in [0.717, 1.165) is 6.42 Å². The SMILES string of the molecule is CCCCN([C@@H]1CCS(=O)(=O)C1)S(=O)(=O)c1ccc(OC)c(OC)c1. The van der Waals surface area contributed by atoms with Crippen molar-refractivity contribution >= 4 is 19.9 Å². The van der Waals surface area contributed by atoms with Crippen molar-refractivity contribution in [1.82, 2.24) is 4.31 Å². The third kappa shape index (κ3) is 4.45. The Kier molecular flexibility index (Phi) is 6.34. The first kappa shape index (κ1) is 20.0. The molecule has 25 heavy (non-hydrogen) atoms. The van der Waals surface area contributed by atoms with Gasteiger partial charge >= 0.3 is 0 Å². The quantitative estimate of drug-likeness (QED) is 0.670. The summed E-state index contributed by atoms with van der Waals surface area (Å²) in [6.45, 7) is 2.26. The lowest BCUT2D eigenvalue weighted by Gasteiger charge is -2.27. The van der Waals surface area contributed by atoms with Crippen molar-refractivity contribution in [1.29, 1.82) is 0 Å². The van der Waals surface area contributed by atoms with Crippen LogP contribution in [0.3, 0.4) is 0 Å². The molecule has 0 unspecified atom stereocenters. The molecule has 0 amide bonds. The lowest BCUT2D eigenvalue weighted by molar-refractivity contribution is 0.333. The minimum absolute atomic E-state index is 0.0295. The predicted octanol–water partition coefficient (Wildman–Crippen LogP) is 1.68.